The van der Waals surface area contributed by atoms with Crippen LogP contribution in [-0.4, -0.2) is 21.6 Å². The lowest BCUT2D eigenvalue weighted by Gasteiger charge is -2.20. The Morgan fingerprint density at radius 3 is 2.26 bits per heavy atom. The van der Waals surface area contributed by atoms with E-state index in [2.05, 4.69) is 15.9 Å². The molecule has 4 nitrogen and oxygen atoms in total. The Labute approximate surface area is 144 Å². The fourth-order valence-corrected chi connectivity index (χ4v) is 4.61. The van der Waals surface area contributed by atoms with E-state index in [4.69, 9.17) is 9.47 Å². The van der Waals surface area contributed by atoms with Gasteiger partial charge in [0, 0.05) is 4.47 Å². The monoisotopic (exact) mass is 396 g/mol. The van der Waals surface area contributed by atoms with Crippen molar-refractivity contribution in [3.05, 3.63) is 57.6 Å². The van der Waals surface area contributed by atoms with E-state index >= 15 is 0 Å². The zero-order valence-electron chi connectivity index (χ0n) is 12.7. The molecule has 23 heavy (non-hydrogen) atoms. The van der Waals surface area contributed by atoms with E-state index in [0.717, 1.165) is 11.1 Å². The first-order valence-corrected chi connectivity index (χ1v) is 9.88. The zero-order valence-corrected chi connectivity index (χ0v) is 15.1. The molecule has 0 N–H and O–H groups in total. The van der Waals surface area contributed by atoms with E-state index < -0.39 is 9.84 Å². The van der Waals surface area contributed by atoms with Crippen molar-refractivity contribution in [2.75, 3.05) is 13.2 Å². The summed E-state index contributed by atoms with van der Waals surface area (Å²) in [6.07, 6.45) is 0. The summed E-state index contributed by atoms with van der Waals surface area (Å²) in [7, 11) is -3.28. The predicted octanol–water partition coefficient (Wildman–Crippen LogP) is 3.64. The molecular weight excluding hydrogens is 380 g/mol. The van der Waals surface area contributed by atoms with Crippen LogP contribution in [0.5, 0.6) is 11.5 Å². The third-order valence-electron chi connectivity index (χ3n) is 3.59. The normalized spacial score (nSPS) is 13.8. The number of aryl methyl sites for hydroxylation is 1. The highest BCUT2D eigenvalue weighted by atomic mass is 79.9. The quantitative estimate of drug-likeness (QED) is 0.791. The number of benzene rings is 2. The molecule has 2 aromatic carbocycles. The minimum atomic E-state index is -3.28. The molecule has 0 aromatic heterocycles. The smallest absolute Gasteiger partial charge is 0.162 e. The predicted molar refractivity (Wildman–Crippen MR) is 92.6 cm³/mol. The average Bonchev–Trinajstić information content (AvgIpc) is 2.50. The van der Waals surface area contributed by atoms with Gasteiger partial charge >= 0.3 is 0 Å². The van der Waals surface area contributed by atoms with Gasteiger partial charge in [0.05, 0.1) is 11.5 Å². The molecule has 2 aromatic rings. The van der Waals surface area contributed by atoms with Crippen molar-refractivity contribution in [2.45, 2.75) is 18.4 Å². The Kier molecular flexibility index (Phi) is 4.64. The molecule has 0 bridgehead atoms. The van der Waals surface area contributed by atoms with Crippen molar-refractivity contribution in [1.82, 2.24) is 0 Å². The molecule has 0 atom stereocenters. The fraction of sp³-hybridized carbons (Fsp3) is 0.294. The molecule has 1 aliphatic heterocycles. The Hall–Kier alpha value is -1.53. The fourth-order valence-electron chi connectivity index (χ4n) is 2.44. The van der Waals surface area contributed by atoms with E-state index in [1.807, 2.05) is 31.2 Å². The third-order valence-corrected chi connectivity index (χ3v) is 5.86. The van der Waals surface area contributed by atoms with Crippen molar-refractivity contribution in [2.24, 2.45) is 0 Å². The van der Waals surface area contributed by atoms with Gasteiger partial charge in [-0.05, 0) is 30.2 Å². The van der Waals surface area contributed by atoms with E-state index in [-0.39, 0.29) is 11.5 Å². The first-order chi connectivity index (χ1) is 10.9. The number of halogens is 1. The second-order valence-corrected chi connectivity index (χ2v) is 8.52. The number of ether oxygens (including phenoxy) is 2. The van der Waals surface area contributed by atoms with E-state index in [1.54, 1.807) is 12.1 Å². The minimum absolute atomic E-state index is 0.0220. The van der Waals surface area contributed by atoms with Crippen LogP contribution in [0.25, 0.3) is 0 Å². The molecule has 0 saturated heterocycles. The molecule has 0 amide bonds. The summed E-state index contributed by atoms with van der Waals surface area (Å²) in [5.41, 5.74) is 2.59. The molecule has 1 aliphatic rings. The second-order valence-electron chi connectivity index (χ2n) is 5.61. The highest BCUT2D eigenvalue weighted by Gasteiger charge is 2.19. The lowest BCUT2D eigenvalue weighted by atomic mass is 10.2. The number of hydrogen-bond acceptors (Lipinski definition) is 4. The van der Waals surface area contributed by atoms with Crippen LogP contribution in [0.2, 0.25) is 0 Å². The molecule has 0 spiro atoms. The highest BCUT2D eigenvalue weighted by molar-refractivity contribution is 9.10. The van der Waals surface area contributed by atoms with Gasteiger partial charge in [-0.25, -0.2) is 8.42 Å². The van der Waals surface area contributed by atoms with Crippen LogP contribution in [0.4, 0.5) is 0 Å². The average molecular weight is 397 g/mol. The molecule has 1 heterocycles. The van der Waals surface area contributed by atoms with Gasteiger partial charge in [0.15, 0.2) is 21.3 Å². The topological polar surface area (TPSA) is 52.6 Å². The molecule has 0 fully saturated rings. The van der Waals surface area contributed by atoms with E-state index in [9.17, 15) is 8.42 Å². The lowest BCUT2D eigenvalue weighted by Crippen LogP contribution is -2.16. The molecular formula is C17H17BrO4S. The highest BCUT2D eigenvalue weighted by Crippen LogP contribution is 2.36. The summed E-state index contributed by atoms with van der Waals surface area (Å²) in [5, 5.41) is 0. The van der Waals surface area contributed by atoms with Gasteiger partial charge in [-0.3, -0.25) is 0 Å². The number of fused-ring (bicyclic) bond motifs is 1. The van der Waals surface area contributed by atoms with Crippen LogP contribution in [0.3, 0.4) is 0 Å². The van der Waals surface area contributed by atoms with Crippen LogP contribution in [0, 0.1) is 6.92 Å². The molecule has 0 unspecified atom stereocenters. The van der Waals surface area contributed by atoms with Crippen molar-refractivity contribution >= 4 is 25.8 Å². The lowest BCUT2D eigenvalue weighted by molar-refractivity contribution is 0.171. The molecule has 0 saturated carbocycles. The van der Waals surface area contributed by atoms with Crippen LogP contribution >= 0.6 is 15.9 Å². The van der Waals surface area contributed by atoms with Gasteiger partial charge in [-0.1, -0.05) is 45.8 Å². The standard InChI is InChI=1S/C17H17BrO4S/c1-12-2-4-13(5-3-12)10-23(19,20)11-14-8-16-17(9-15(14)18)22-7-6-21-16/h2-5,8-9H,6-7,10-11H2,1H3. The Morgan fingerprint density at radius 2 is 1.61 bits per heavy atom. The largest absolute Gasteiger partial charge is 0.486 e. The second kappa shape index (κ2) is 6.53. The van der Waals surface area contributed by atoms with Gasteiger partial charge in [0.2, 0.25) is 0 Å². The SMILES string of the molecule is Cc1ccc(CS(=O)(=O)Cc2cc3c(cc2Br)OCCO3)cc1. The maximum atomic E-state index is 12.5. The van der Waals surface area contributed by atoms with Gasteiger partial charge in [-0.2, -0.15) is 0 Å². The summed E-state index contributed by atoms with van der Waals surface area (Å²) in [6, 6.07) is 11.1. The van der Waals surface area contributed by atoms with Crippen molar-refractivity contribution < 1.29 is 17.9 Å². The minimum Gasteiger partial charge on any atom is -0.486 e. The number of rotatable bonds is 4. The first kappa shape index (κ1) is 16.3. The zero-order chi connectivity index (χ0) is 16.4. The Morgan fingerprint density at radius 1 is 1.00 bits per heavy atom. The van der Waals surface area contributed by atoms with Crippen LogP contribution in [-0.2, 0) is 21.3 Å². The van der Waals surface area contributed by atoms with Gasteiger partial charge in [0.1, 0.15) is 13.2 Å². The van der Waals surface area contributed by atoms with Gasteiger partial charge in [0.25, 0.3) is 0 Å². The van der Waals surface area contributed by atoms with Crippen LogP contribution < -0.4 is 9.47 Å². The van der Waals surface area contributed by atoms with E-state index in [0.29, 0.717) is 34.7 Å². The van der Waals surface area contributed by atoms with Crippen LogP contribution in [0.1, 0.15) is 16.7 Å². The number of hydrogen-bond donors (Lipinski definition) is 0. The summed E-state index contributed by atoms with van der Waals surface area (Å²) >= 11 is 3.42. The molecule has 122 valence electrons. The summed E-state index contributed by atoms with van der Waals surface area (Å²) < 4.78 is 36.7. The van der Waals surface area contributed by atoms with E-state index in [1.165, 1.54) is 0 Å². The summed E-state index contributed by atoms with van der Waals surface area (Å²) in [5.74, 6) is 1.22. The van der Waals surface area contributed by atoms with Gasteiger partial charge < -0.3 is 9.47 Å². The molecule has 0 aliphatic carbocycles. The van der Waals surface area contributed by atoms with Crippen molar-refractivity contribution in [3.63, 3.8) is 0 Å². The molecule has 0 radical (unpaired) electrons. The summed E-state index contributed by atoms with van der Waals surface area (Å²) in [4.78, 5) is 0. The van der Waals surface area contributed by atoms with Crippen molar-refractivity contribution in [1.29, 1.82) is 0 Å². The Bertz CT molecular complexity index is 813. The third kappa shape index (κ3) is 4.06. The maximum absolute atomic E-state index is 12.5. The first-order valence-electron chi connectivity index (χ1n) is 7.27. The number of sulfone groups is 1. The van der Waals surface area contributed by atoms with Crippen LogP contribution in [0.15, 0.2) is 40.9 Å². The summed E-state index contributed by atoms with van der Waals surface area (Å²) in [6.45, 7) is 2.96. The molecule has 6 heteroatoms. The molecule has 3 rings (SSSR count). The Balaban J connectivity index is 1.81. The maximum Gasteiger partial charge on any atom is 0.162 e. The van der Waals surface area contributed by atoms with Gasteiger partial charge in [-0.15, -0.1) is 0 Å². The van der Waals surface area contributed by atoms with Crippen molar-refractivity contribution in [3.8, 4) is 11.5 Å².